The van der Waals surface area contributed by atoms with Gasteiger partial charge in [0.1, 0.15) is 23.7 Å². The lowest BCUT2D eigenvalue weighted by molar-refractivity contribution is -0.147. The Balaban J connectivity index is 1.41. The van der Waals surface area contributed by atoms with E-state index in [1.807, 2.05) is 41.5 Å². The van der Waals surface area contributed by atoms with E-state index in [9.17, 15) is 29.1 Å². The Morgan fingerprint density at radius 2 is 1.55 bits per heavy atom. The molecule has 2 saturated heterocycles. The van der Waals surface area contributed by atoms with Crippen LogP contribution >= 0.6 is 0 Å². The second kappa shape index (κ2) is 12.4. The molecule has 4 amide bonds. The van der Waals surface area contributed by atoms with Gasteiger partial charge in [-0.15, -0.1) is 6.58 Å². The number of piperidine rings is 1. The summed E-state index contributed by atoms with van der Waals surface area (Å²) in [4.78, 5) is 72.9. The van der Waals surface area contributed by atoms with Gasteiger partial charge in [-0.2, -0.15) is 0 Å². The van der Waals surface area contributed by atoms with E-state index in [0.717, 1.165) is 45.2 Å². The van der Waals surface area contributed by atoms with Gasteiger partial charge in [-0.05, 0) is 73.3 Å². The molecule has 0 aromatic carbocycles. The number of carbonyl (C=O) groups is 5. The molecule has 2 heterocycles. The van der Waals surface area contributed by atoms with Gasteiger partial charge in [-0.1, -0.05) is 74.8 Å². The van der Waals surface area contributed by atoms with E-state index in [0.29, 0.717) is 19.5 Å². The van der Waals surface area contributed by atoms with Crippen LogP contribution in [0, 0.1) is 38.9 Å². The Kier molecular flexibility index (Phi) is 9.42. The number of hydrogen-bond acceptors (Lipinski definition) is 6. The molecule has 0 aromatic heterocycles. The van der Waals surface area contributed by atoms with Crippen molar-refractivity contribution < 1.29 is 29.1 Å². The van der Waals surface area contributed by atoms with Crippen molar-refractivity contribution in [1.29, 1.82) is 0 Å². The smallest absolute Gasteiger partial charge is 0.330 e. The fraction of sp³-hybridized carbons (Fsp3) is 0.816. The number of aliphatic carboxylic acids is 1. The van der Waals surface area contributed by atoms with Crippen LogP contribution in [0.15, 0.2) is 12.7 Å². The van der Waals surface area contributed by atoms with Crippen LogP contribution in [-0.4, -0.2) is 94.3 Å². The van der Waals surface area contributed by atoms with Crippen molar-refractivity contribution in [3.05, 3.63) is 12.7 Å². The van der Waals surface area contributed by atoms with Crippen LogP contribution < -0.4 is 16.0 Å². The molecule has 3 aliphatic carbocycles. The number of rotatable bonds is 10. The van der Waals surface area contributed by atoms with Crippen LogP contribution in [0.25, 0.3) is 0 Å². The molecule has 0 bridgehead atoms. The molecule has 11 heteroatoms. The fourth-order valence-electron chi connectivity index (χ4n) is 9.91. The van der Waals surface area contributed by atoms with E-state index >= 15 is 0 Å². The van der Waals surface area contributed by atoms with E-state index in [-0.39, 0.29) is 46.3 Å². The maximum Gasteiger partial charge on any atom is 0.330 e. The van der Waals surface area contributed by atoms with E-state index in [1.165, 1.54) is 0 Å². The van der Waals surface area contributed by atoms with Crippen LogP contribution in [0.2, 0.25) is 0 Å². The second-order valence-electron chi connectivity index (χ2n) is 18.5. The predicted octanol–water partition coefficient (Wildman–Crippen LogP) is 3.72. The van der Waals surface area contributed by atoms with Gasteiger partial charge in [0.2, 0.25) is 23.6 Å². The summed E-state index contributed by atoms with van der Waals surface area (Å²) in [5.74, 6) is -3.13. The molecule has 0 radical (unpaired) electrons. The zero-order valence-corrected chi connectivity index (χ0v) is 31.3. The minimum Gasteiger partial charge on any atom is -0.479 e. The standard InChI is InChI=1S/C38H61N5O6/c1-11-24-19-38(24,32(48)49)41-29(45)25-20-37(35(9,10)36(37)16-14-17-36)22-43(25)31(47)27(34(6,7)8)40-30(46)26(33(3,4)5)39-28(44)23-15-13-18-42(12-2)21-23/h11,23-27H,1,12-22H2,2-10H3,(H,39,44)(H,40,46)(H,41,45)(H,48,49)/t23?,24-,25+,26-,27-,37-,38-/m1/s1. The van der Waals surface area contributed by atoms with Crippen molar-refractivity contribution in [2.24, 2.45) is 38.9 Å². The highest BCUT2D eigenvalue weighted by atomic mass is 16.4. The van der Waals surface area contributed by atoms with Gasteiger partial charge in [0, 0.05) is 24.4 Å². The molecule has 0 aromatic rings. The molecular weight excluding hydrogens is 622 g/mol. The first-order valence-corrected chi connectivity index (χ1v) is 18.4. The lowest BCUT2D eigenvalue weighted by Crippen LogP contribution is -2.63. The number of hydrogen-bond donors (Lipinski definition) is 4. The molecule has 1 unspecified atom stereocenters. The Bertz CT molecular complexity index is 1390. The summed E-state index contributed by atoms with van der Waals surface area (Å²) >= 11 is 0. The topological polar surface area (TPSA) is 148 Å². The summed E-state index contributed by atoms with van der Waals surface area (Å²) < 4.78 is 0. The molecule has 274 valence electrons. The van der Waals surface area contributed by atoms with Crippen LogP contribution in [0.5, 0.6) is 0 Å². The van der Waals surface area contributed by atoms with Crippen LogP contribution in [-0.2, 0) is 24.0 Å². The molecule has 5 fully saturated rings. The van der Waals surface area contributed by atoms with E-state index in [4.69, 9.17) is 0 Å². The number of carboxylic acid groups (broad SMARTS) is 1. The number of amides is 4. The number of carbonyl (C=O) groups excluding carboxylic acids is 4. The molecule has 2 spiro atoms. The second-order valence-corrected chi connectivity index (χ2v) is 18.5. The lowest BCUT2D eigenvalue weighted by atomic mass is 9.73. The largest absolute Gasteiger partial charge is 0.479 e. The molecule has 4 N–H and O–H groups in total. The van der Waals surface area contributed by atoms with Gasteiger partial charge in [-0.3, -0.25) is 19.2 Å². The summed E-state index contributed by atoms with van der Waals surface area (Å²) in [6.07, 6.45) is 7.14. The van der Waals surface area contributed by atoms with Crippen LogP contribution in [0.3, 0.4) is 0 Å². The number of nitrogens with zero attached hydrogens (tertiary/aromatic N) is 2. The summed E-state index contributed by atoms with van der Waals surface area (Å²) in [5.41, 5.74) is -3.12. The van der Waals surface area contributed by atoms with Crippen molar-refractivity contribution in [1.82, 2.24) is 25.8 Å². The van der Waals surface area contributed by atoms with Gasteiger partial charge in [0.05, 0.1) is 5.92 Å². The summed E-state index contributed by atoms with van der Waals surface area (Å²) in [7, 11) is 0. The molecule has 5 aliphatic rings. The highest BCUT2D eigenvalue weighted by Gasteiger charge is 2.85. The third kappa shape index (κ3) is 5.99. The number of carboxylic acids is 1. The van der Waals surface area contributed by atoms with Crippen molar-refractivity contribution in [3.63, 3.8) is 0 Å². The Labute approximate surface area is 292 Å². The maximum absolute atomic E-state index is 14.8. The monoisotopic (exact) mass is 683 g/mol. The molecule has 5 rings (SSSR count). The van der Waals surface area contributed by atoms with Gasteiger partial charge >= 0.3 is 5.97 Å². The number of likely N-dealkylation sites (tertiary alicyclic amines) is 2. The van der Waals surface area contributed by atoms with Crippen LogP contribution in [0.1, 0.15) is 107 Å². The molecule has 49 heavy (non-hydrogen) atoms. The summed E-state index contributed by atoms with van der Waals surface area (Å²) in [6, 6.07) is -2.76. The van der Waals surface area contributed by atoms with Gasteiger partial charge in [0.25, 0.3) is 0 Å². The first kappa shape index (κ1) is 37.3. The zero-order chi connectivity index (χ0) is 36.5. The van der Waals surface area contributed by atoms with Crippen molar-refractivity contribution in [2.45, 2.75) is 131 Å². The minimum absolute atomic E-state index is 0.0375. The van der Waals surface area contributed by atoms with E-state index in [1.54, 1.807) is 11.0 Å². The third-order valence-corrected chi connectivity index (χ3v) is 13.6. The SMILES string of the molecule is C=C[C@@H]1C[C@]1(NC(=O)[C@@H]1C[C@@]2(CN1C(=O)[C@@H](NC(=O)[C@@H](NC(=O)C1CCCN(CC)C1)C(C)(C)C)C(C)(C)C)C(C)(C)C21CCC1)C(=O)O. The lowest BCUT2D eigenvalue weighted by Gasteiger charge is -2.39. The number of fused-ring (bicyclic) bond motifs is 1. The van der Waals surface area contributed by atoms with Crippen molar-refractivity contribution in [2.75, 3.05) is 26.2 Å². The Morgan fingerprint density at radius 3 is 2.02 bits per heavy atom. The van der Waals surface area contributed by atoms with Gasteiger partial charge in [-0.25, -0.2) is 4.79 Å². The van der Waals surface area contributed by atoms with Gasteiger partial charge < -0.3 is 30.9 Å². The van der Waals surface area contributed by atoms with E-state index < -0.39 is 52.3 Å². The maximum atomic E-state index is 14.8. The molecule has 3 saturated carbocycles. The summed E-state index contributed by atoms with van der Waals surface area (Å²) in [6.45, 7) is 24.5. The first-order chi connectivity index (χ1) is 22.6. The Morgan fingerprint density at radius 1 is 0.918 bits per heavy atom. The highest BCUT2D eigenvalue weighted by molar-refractivity contribution is 5.98. The molecule has 2 aliphatic heterocycles. The van der Waals surface area contributed by atoms with Crippen LogP contribution in [0.4, 0.5) is 0 Å². The molecule has 7 atom stereocenters. The minimum atomic E-state index is -1.42. The molecular formula is C38H61N5O6. The third-order valence-electron chi connectivity index (χ3n) is 13.6. The normalized spacial score (nSPS) is 32.8. The molecule has 11 nitrogen and oxygen atoms in total. The first-order valence-electron chi connectivity index (χ1n) is 18.4. The van der Waals surface area contributed by atoms with E-state index in [2.05, 4.69) is 48.2 Å². The highest BCUT2D eigenvalue weighted by Crippen LogP contribution is 2.88. The average molecular weight is 684 g/mol. The quantitative estimate of drug-likeness (QED) is 0.257. The van der Waals surface area contributed by atoms with Crippen molar-refractivity contribution in [3.8, 4) is 0 Å². The van der Waals surface area contributed by atoms with Gasteiger partial charge in [0.15, 0.2) is 0 Å². The van der Waals surface area contributed by atoms with Crippen molar-refractivity contribution >= 4 is 29.6 Å². The summed E-state index contributed by atoms with van der Waals surface area (Å²) in [5, 5.41) is 19.0. The number of nitrogens with one attached hydrogen (secondary N) is 3. The Hall–Kier alpha value is -2.95. The zero-order valence-electron chi connectivity index (χ0n) is 31.3. The predicted molar refractivity (Wildman–Crippen MR) is 187 cm³/mol. The fourth-order valence-corrected chi connectivity index (χ4v) is 9.91. The average Bonchev–Trinajstić information content (AvgIpc) is 3.72.